The van der Waals surface area contributed by atoms with Crippen molar-refractivity contribution in [3.63, 3.8) is 0 Å². The van der Waals surface area contributed by atoms with Gasteiger partial charge in [0.05, 0.1) is 0 Å². The molecule has 3 atom stereocenters. The molecule has 0 bridgehead atoms. The van der Waals surface area contributed by atoms with Gasteiger partial charge in [-0.15, -0.1) is 0 Å². The van der Waals surface area contributed by atoms with Crippen LogP contribution >= 0.6 is 0 Å². The Balaban J connectivity index is 1.82. The number of carbonyl (C=O) groups excluding carboxylic acids is 1. The normalized spacial score (nSPS) is 42.3. The molecule has 0 aliphatic carbocycles. The van der Waals surface area contributed by atoms with Crippen LogP contribution in [-0.2, 0) is 9.53 Å². The summed E-state index contributed by atoms with van der Waals surface area (Å²) in [7, 11) is 0. The Morgan fingerprint density at radius 1 is 1.33 bits per heavy atom. The minimum absolute atomic E-state index is 0.0415. The highest BCUT2D eigenvalue weighted by atomic mass is 16.5. The lowest BCUT2D eigenvalue weighted by Gasteiger charge is -2.39. The largest absolute Gasteiger partial charge is 0.365 e. The smallest absolute Gasteiger partial charge is 0.254 e. The van der Waals surface area contributed by atoms with Gasteiger partial charge in [0.1, 0.15) is 5.60 Å². The fraction of sp³-hybridized carbons (Fsp3) is 0.929. The zero-order valence-corrected chi connectivity index (χ0v) is 11.7. The highest BCUT2D eigenvalue weighted by Crippen LogP contribution is 2.43. The molecule has 3 rings (SSSR count). The molecular weight excluding hydrogens is 228 g/mol. The first-order valence-electron chi connectivity index (χ1n) is 7.12. The third-order valence-electron chi connectivity index (χ3n) is 5.28. The molecule has 102 valence electrons. The van der Waals surface area contributed by atoms with Crippen LogP contribution in [0, 0.1) is 11.8 Å². The fourth-order valence-corrected chi connectivity index (χ4v) is 4.00. The van der Waals surface area contributed by atoms with E-state index in [1.165, 1.54) is 0 Å². The summed E-state index contributed by atoms with van der Waals surface area (Å²) in [5, 5.41) is 3.45. The molecule has 1 amide bonds. The molecule has 3 saturated heterocycles. The van der Waals surface area contributed by atoms with Crippen molar-refractivity contribution in [2.45, 2.75) is 44.8 Å². The summed E-state index contributed by atoms with van der Waals surface area (Å²) in [4.78, 5) is 14.9. The van der Waals surface area contributed by atoms with E-state index in [1.54, 1.807) is 0 Å². The van der Waals surface area contributed by atoms with Crippen LogP contribution in [-0.4, -0.2) is 48.2 Å². The summed E-state index contributed by atoms with van der Waals surface area (Å²) in [5.74, 6) is 1.42. The summed E-state index contributed by atoms with van der Waals surface area (Å²) in [6.07, 6.45) is 1.87. The Kier molecular flexibility index (Phi) is 2.72. The maximum Gasteiger partial charge on any atom is 0.254 e. The van der Waals surface area contributed by atoms with Crippen molar-refractivity contribution in [2.75, 3.05) is 26.2 Å². The van der Waals surface area contributed by atoms with E-state index in [1.807, 2.05) is 6.92 Å². The lowest BCUT2D eigenvalue weighted by atomic mass is 9.84. The molecule has 3 aliphatic rings. The van der Waals surface area contributed by atoms with Crippen LogP contribution in [0.5, 0.6) is 0 Å². The number of amides is 1. The lowest BCUT2D eigenvalue weighted by Crippen LogP contribution is -2.54. The molecule has 3 fully saturated rings. The first kappa shape index (κ1) is 12.4. The van der Waals surface area contributed by atoms with Gasteiger partial charge in [0.25, 0.3) is 5.91 Å². The standard InChI is InChI=1S/C14H24N2O2/c1-13(2)11-8-15-7-10(11)9-16(13)12(17)14(3)5-4-6-18-14/h10-11,15H,4-9H2,1-3H3. The summed E-state index contributed by atoms with van der Waals surface area (Å²) in [6.45, 7) is 10.1. The van der Waals surface area contributed by atoms with E-state index in [0.717, 1.165) is 39.1 Å². The van der Waals surface area contributed by atoms with Crippen molar-refractivity contribution in [2.24, 2.45) is 11.8 Å². The van der Waals surface area contributed by atoms with E-state index in [-0.39, 0.29) is 11.4 Å². The first-order chi connectivity index (χ1) is 8.45. The van der Waals surface area contributed by atoms with Crippen LogP contribution in [0.25, 0.3) is 0 Å². The average Bonchev–Trinajstić information content (AvgIpc) is 2.97. The van der Waals surface area contributed by atoms with Crippen LogP contribution in [0.3, 0.4) is 0 Å². The Morgan fingerprint density at radius 3 is 2.72 bits per heavy atom. The Morgan fingerprint density at radius 2 is 2.11 bits per heavy atom. The third kappa shape index (κ3) is 1.62. The van der Waals surface area contributed by atoms with Crippen molar-refractivity contribution < 1.29 is 9.53 Å². The van der Waals surface area contributed by atoms with E-state index in [2.05, 4.69) is 24.1 Å². The van der Waals surface area contributed by atoms with Crippen LogP contribution in [0.1, 0.15) is 33.6 Å². The number of nitrogens with one attached hydrogen (secondary N) is 1. The van der Waals surface area contributed by atoms with Gasteiger partial charge in [-0.2, -0.15) is 0 Å². The van der Waals surface area contributed by atoms with Gasteiger partial charge in [0, 0.05) is 31.8 Å². The SMILES string of the molecule is CC1(C(=O)N2CC3CNCC3C2(C)C)CCCO1. The van der Waals surface area contributed by atoms with Crippen molar-refractivity contribution in [1.82, 2.24) is 10.2 Å². The molecule has 3 aliphatic heterocycles. The molecule has 4 heteroatoms. The molecule has 1 N–H and O–H groups in total. The van der Waals surface area contributed by atoms with Crippen molar-refractivity contribution >= 4 is 5.91 Å². The Bertz CT molecular complexity index is 361. The molecule has 0 radical (unpaired) electrons. The quantitative estimate of drug-likeness (QED) is 0.757. The molecule has 3 heterocycles. The first-order valence-corrected chi connectivity index (χ1v) is 7.12. The van der Waals surface area contributed by atoms with Gasteiger partial charge in [0.2, 0.25) is 0 Å². The number of fused-ring (bicyclic) bond motifs is 1. The topological polar surface area (TPSA) is 41.6 Å². The predicted molar refractivity (Wildman–Crippen MR) is 69.2 cm³/mol. The van der Waals surface area contributed by atoms with Crippen molar-refractivity contribution in [1.29, 1.82) is 0 Å². The van der Waals surface area contributed by atoms with Gasteiger partial charge >= 0.3 is 0 Å². The summed E-state index contributed by atoms with van der Waals surface area (Å²) >= 11 is 0. The van der Waals surface area contributed by atoms with E-state index >= 15 is 0 Å². The van der Waals surface area contributed by atoms with Gasteiger partial charge in [0.15, 0.2) is 0 Å². The second kappa shape index (κ2) is 3.94. The molecule has 3 unspecified atom stereocenters. The van der Waals surface area contributed by atoms with Crippen molar-refractivity contribution in [3.05, 3.63) is 0 Å². The Labute approximate surface area is 109 Å². The number of likely N-dealkylation sites (tertiary alicyclic amines) is 1. The highest BCUT2D eigenvalue weighted by molar-refractivity contribution is 5.86. The van der Waals surface area contributed by atoms with E-state index < -0.39 is 5.60 Å². The number of hydrogen-bond donors (Lipinski definition) is 1. The average molecular weight is 252 g/mol. The molecule has 18 heavy (non-hydrogen) atoms. The predicted octanol–water partition coefficient (Wildman–Crippen LogP) is 1.01. The van der Waals surface area contributed by atoms with Gasteiger partial charge in [-0.1, -0.05) is 0 Å². The van der Waals surface area contributed by atoms with Crippen molar-refractivity contribution in [3.8, 4) is 0 Å². The van der Waals surface area contributed by atoms with E-state index in [0.29, 0.717) is 11.8 Å². The molecule has 0 spiro atoms. The number of carbonyl (C=O) groups is 1. The maximum absolute atomic E-state index is 12.8. The number of ether oxygens (including phenoxy) is 1. The minimum Gasteiger partial charge on any atom is -0.365 e. The zero-order chi connectivity index (χ0) is 13.0. The lowest BCUT2D eigenvalue weighted by molar-refractivity contribution is -0.155. The van der Waals surface area contributed by atoms with E-state index in [9.17, 15) is 4.79 Å². The maximum atomic E-state index is 12.8. The molecule has 0 aromatic rings. The van der Waals surface area contributed by atoms with Crippen LogP contribution in [0.4, 0.5) is 0 Å². The second-order valence-corrected chi connectivity index (χ2v) is 6.78. The molecular formula is C14H24N2O2. The van der Waals surface area contributed by atoms with Gasteiger partial charge in [-0.3, -0.25) is 4.79 Å². The summed E-state index contributed by atoms with van der Waals surface area (Å²) in [5.41, 5.74) is -0.608. The minimum atomic E-state index is -0.566. The molecule has 0 saturated carbocycles. The number of hydrogen-bond acceptors (Lipinski definition) is 3. The third-order valence-corrected chi connectivity index (χ3v) is 5.28. The van der Waals surface area contributed by atoms with Gasteiger partial charge in [-0.05, 0) is 45.4 Å². The molecule has 0 aromatic carbocycles. The highest BCUT2D eigenvalue weighted by Gasteiger charge is 2.54. The summed E-state index contributed by atoms with van der Waals surface area (Å²) in [6, 6.07) is 0. The monoisotopic (exact) mass is 252 g/mol. The molecule has 0 aromatic heterocycles. The summed E-state index contributed by atoms with van der Waals surface area (Å²) < 4.78 is 5.72. The van der Waals surface area contributed by atoms with Crippen LogP contribution < -0.4 is 5.32 Å². The molecule has 4 nitrogen and oxygen atoms in total. The number of nitrogens with zero attached hydrogens (tertiary/aromatic N) is 1. The van der Waals surface area contributed by atoms with E-state index in [4.69, 9.17) is 4.74 Å². The Hall–Kier alpha value is -0.610. The van der Waals surface area contributed by atoms with Crippen LogP contribution in [0.2, 0.25) is 0 Å². The van der Waals surface area contributed by atoms with Gasteiger partial charge in [-0.25, -0.2) is 0 Å². The second-order valence-electron chi connectivity index (χ2n) is 6.78. The number of rotatable bonds is 1. The zero-order valence-electron chi connectivity index (χ0n) is 11.7. The van der Waals surface area contributed by atoms with Gasteiger partial charge < -0.3 is 15.0 Å². The fourth-order valence-electron chi connectivity index (χ4n) is 4.00. The van der Waals surface area contributed by atoms with Crippen LogP contribution in [0.15, 0.2) is 0 Å².